The Morgan fingerprint density at radius 2 is 2.43 bits per heavy atom. The minimum Gasteiger partial charge on any atom is -0.462 e. The maximum atomic E-state index is 11.0. The van der Waals surface area contributed by atoms with Crippen LogP contribution < -0.4 is 0 Å². The first-order chi connectivity index (χ1) is 6.70. The number of carbonyl (C=O) groups excluding carboxylic acids is 1. The lowest BCUT2D eigenvalue weighted by atomic mass is 9.93. The van der Waals surface area contributed by atoms with Crippen LogP contribution in [-0.2, 0) is 9.53 Å². The highest BCUT2D eigenvalue weighted by Gasteiger charge is 2.09. The van der Waals surface area contributed by atoms with Crippen LogP contribution in [0.3, 0.4) is 0 Å². The van der Waals surface area contributed by atoms with Gasteiger partial charge in [0.1, 0.15) is 0 Å². The van der Waals surface area contributed by atoms with Gasteiger partial charge in [-0.1, -0.05) is 18.7 Å². The van der Waals surface area contributed by atoms with Crippen LogP contribution in [0, 0.1) is 5.92 Å². The topological polar surface area (TPSA) is 26.3 Å². The van der Waals surface area contributed by atoms with Crippen LogP contribution in [0.25, 0.3) is 0 Å². The summed E-state index contributed by atoms with van der Waals surface area (Å²) in [6.07, 6.45) is 9.07. The zero-order valence-electron chi connectivity index (χ0n) is 8.79. The van der Waals surface area contributed by atoms with E-state index in [4.69, 9.17) is 4.74 Å². The maximum Gasteiger partial charge on any atom is 0.333 e. The summed E-state index contributed by atoms with van der Waals surface area (Å²) in [5.41, 5.74) is 0.476. The highest BCUT2D eigenvalue weighted by atomic mass is 16.5. The van der Waals surface area contributed by atoms with Crippen molar-refractivity contribution < 1.29 is 9.53 Å². The summed E-state index contributed by atoms with van der Waals surface area (Å²) in [4.78, 5) is 11.0. The van der Waals surface area contributed by atoms with Gasteiger partial charge < -0.3 is 4.74 Å². The second-order valence-corrected chi connectivity index (χ2v) is 3.82. The normalized spacial score (nSPS) is 20.5. The Balaban J connectivity index is 2.14. The van der Waals surface area contributed by atoms with E-state index in [1.165, 1.54) is 19.3 Å². The molecule has 0 saturated heterocycles. The molecule has 0 bridgehead atoms. The van der Waals surface area contributed by atoms with E-state index in [1.54, 1.807) is 6.92 Å². The number of hydrogen-bond acceptors (Lipinski definition) is 2. The van der Waals surface area contributed by atoms with Gasteiger partial charge in [0.25, 0.3) is 0 Å². The number of rotatable bonds is 4. The van der Waals surface area contributed by atoms with Gasteiger partial charge in [0, 0.05) is 5.57 Å². The van der Waals surface area contributed by atoms with E-state index < -0.39 is 0 Å². The maximum absolute atomic E-state index is 11.0. The molecule has 1 aliphatic rings. The molecule has 1 aliphatic carbocycles. The molecule has 0 aliphatic heterocycles. The number of allylic oxidation sites excluding steroid dienone is 2. The summed E-state index contributed by atoms with van der Waals surface area (Å²) in [6, 6.07) is 0. The minimum absolute atomic E-state index is 0.273. The van der Waals surface area contributed by atoms with Crippen LogP contribution in [0.5, 0.6) is 0 Å². The fourth-order valence-electron chi connectivity index (χ4n) is 1.55. The Labute approximate surface area is 85.6 Å². The first-order valence-electron chi connectivity index (χ1n) is 5.19. The molecule has 0 aromatic carbocycles. The number of carbonyl (C=O) groups is 1. The molecule has 1 atom stereocenters. The van der Waals surface area contributed by atoms with Crippen molar-refractivity contribution in [2.75, 3.05) is 6.61 Å². The fourth-order valence-corrected chi connectivity index (χ4v) is 1.55. The third kappa shape index (κ3) is 3.77. The van der Waals surface area contributed by atoms with E-state index >= 15 is 0 Å². The molecule has 0 radical (unpaired) electrons. The predicted octanol–water partition coefficient (Wildman–Crippen LogP) is 2.85. The monoisotopic (exact) mass is 194 g/mol. The molecular formula is C12H18O2. The molecule has 2 nitrogen and oxygen atoms in total. The predicted molar refractivity (Wildman–Crippen MR) is 56.9 cm³/mol. The Morgan fingerprint density at radius 3 is 3.00 bits per heavy atom. The summed E-state index contributed by atoms with van der Waals surface area (Å²) in [5, 5.41) is 0. The molecule has 78 valence electrons. The van der Waals surface area contributed by atoms with Gasteiger partial charge in [-0.25, -0.2) is 4.79 Å². The van der Waals surface area contributed by atoms with Crippen molar-refractivity contribution in [3.8, 4) is 0 Å². The molecule has 1 unspecified atom stereocenters. The smallest absolute Gasteiger partial charge is 0.333 e. The molecule has 2 heteroatoms. The van der Waals surface area contributed by atoms with Crippen LogP contribution >= 0.6 is 0 Å². The fraction of sp³-hybridized carbons (Fsp3) is 0.583. The summed E-state index contributed by atoms with van der Waals surface area (Å²) >= 11 is 0. The summed E-state index contributed by atoms with van der Waals surface area (Å²) < 4.78 is 5.03. The first kappa shape index (κ1) is 11.0. The molecule has 0 N–H and O–H groups in total. The Bertz CT molecular complexity index is 241. The van der Waals surface area contributed by atoms with E-state index in [0.717, 1.165) is 6.42 Å². The van der Waals surface area contributed by atoms with E-state index in [0.29, 0.717) is 18.1 Å². The Morgan fingerprint density at radius 1 is 1.64 bits per heavy atom. The van der Waals surface area contributed by atoms with Gasteiger partial charge in [-0.3, -0.25) is 0 Å². The summed E-state index contributed by atoms with van der Waals surface area (Å²) in [6.45, 7) is 5.72. The zero-order valence-corrected chi connectivity index (χ0v) is 8.79. The van der Waals surface area contributed by atoms with Gasteiger partial charge in [0.05, 0.1) is 6.61 Å². The van der Waals surface area contributed by atoms with Gasteiger partial charge in [0.15, 0.2) is 0 Å². The first-order valence-corrected chi connectivity index (χ1v) is 5.19. The third-order valence-corrected chi connectivity index (χ3v) is 2.42. The van der Waals surface area contributed by atoms with Gasteiger partial charge in [-0.05, 0) is 38.5 Å². The SMILES string of the molecule is C=C(C)C(=O)OCCC1C=CCCC1. The highest BCUT2D eigenvalue weighted by molar-refractivity contribution is 5.86. The van der Waals surface area contributed by atoms with E-state index in [2.05, 4.69) is 18.7 Å². The standard InChI is InChI=1S/C12H18O2/c1-10(2)12(13)14-9-8-11-6-4-3-5-7-11/h4,6,11H,1,3,5,7-9H2,2H3. The van der Waals surface area contributed by atoms with Crippen molar-refractivity contribution in [2.24, 2.45) is 5.92 Å². The molecule has 0 amide bonds. The van der Waals surface area contributed by atoms with E-state index in [9.17, 15) is 4.79 Å². The van der Waals surface area contributed by atoms with E-state index in [1.807, 2.05) is 0 Å². The average molecular weight is 194 g/mol. The number of hydrogen-bond donors (Lipinski definition) is 0. The van der Waals surface area contributed by atoms with Crippen LogP contribution in [0.2, 0.25) is 0 Å². The molecule has 14 heavy (non-hydrogen) atoms. The molecule has 0 saturated carbocycles. The zero-order chi connectivity index (χ0) is 10.4. The summed E-state index contributed by atoms with van der Waals surface area (Å²) in [5.74, 6) is 0.325. The third-order valence-electron chi connectivity index (χ3n) is 2.42. The van der Waals surface area contributed by atoms with Crippen molar-refractivity contribution in [3.05, 3.63) is 24.3 Å². The number of ether oxygens (including phenoxy) is 1. The van der Waals surface area contributed by atoms with Gasteiger partial charge in [0.2, 0.25) is 0 Å². The molecule has 0 heterocycles. The molecule has 0 fully saturated rings. The van der Waals surface area contributed by atoms with Crippen molar-refractivity contribution in [1.29, 1.82) is 0 Å². The summed E-state index contributed by atoms with van der Waals surface area (Å²) in [7, 11) is 0. The van der Waals surface area contributed by atoms with Crippen LogP contribution in [0.4, 0.5) is 0 Å². The van der Waals surface area contributed by atoms with Crippen molar-refractivity contribution in [2.45, 2.75) is 32.6 Å². The Hall–Kier alpha value is -1.05. The molecule has 0 aromatic rings. The minimum atomic E-state index is -0.273. The molecule has 1 rings (SSSR count). The van der Waals surface area contributed by atoms with Crippen molar-refractivity contribution in [3.63, 3.8) is 0 Å². The van der Waals surface area contributed by atoms with Crippen molar-refractivity contribution >= 4 is 5.97 Å². The van der Waals surface area contributed by atoms with Crippen LogP contribution in [0.15, 0.2) is 24.3 Å². The van der Waals surface area contributed by atoms with E-state index in [-0.39, 0.29) is 5.97 Å². The lowest BCUT2D eigenvalue weighted by Crippen LogP contribution is -2.10. The van der Waals surface area contributed by atoms with Crippen molar-refractivity contribution in [1.82, 2.24) is 0 Å². The van der Waals surface area contributed by atoms with Gasteiger partial charge >= 0.3 is 5.97 Å². The van der Waals surface area contributed by atoms with Crippen LogP contribution in [-0.4, -0.2) is 12.6 Å². The average Bonchev–Trinajstić information content (AvgIpc) is 2.19. The lowest BCUT2D eigenvalue weighted by Gasteiger charge is -2.15. The Kier molecular flexibility index (Phi) is 4.44. The second kappa shape index (κ2) is 5.63. The number of esters is 1. The lowest BCUT2D eigenvalue weighted by molar-refractivity contribution is -0.139. The van der Waals surface area contributed by atoms with Gasteiger partial charge in [-0.2, -0.15) is 0 Å². The largest absolute Gasteiger partial charge is 0.462 e. The molecular weight excluding hydrogens is 176 g/mol. The van der Waals surface area contributed by atoms with Crippen LogP contribution in [0.1, 0.15) is 32.6 Å². The second-order valence-electron chi connectivity index (χ2n) is 3.82. The quantitative estimate of drug-likeness (QED) is 0.391. The highest BCUT2D eigenvalue weighted by Crippen LogP contribution is 2.19. The molecule has 0 aromatic heterocycles. The van der Waals surface area contributed by atoms with Gasteiger partial charge in [-0.15, -0.1) is 0 Å². The molecule has 0 spiro atoms.